The van der Waals surface area contributed by atoms with Crippen molar-refractivity contribution in [2.24, 2.45) is 7.05 Å². The molecule has 1 aromatic heterocycles. The minimum Gasteiger partial charge on any atom is -0.457 e. The van der Waals surface area contributed by atoms with Crippen LogP contribution in [0.3, 0.4) is 0 Å². The highest BCUT2D eigenvalue weighted by molar-refractivity contribution is 5.95. The molecule has 0 radical (unpaired) electrons. The van der Waals surface area contributed by atoms with Gasteiger partial charge in [-0.2, -0.15) is 5.10 Å². The molecule has 2 aromatic rings. The van der Waals surface area contributed by atoms with E-state index in [1.54, 1.807) is 34.0 Å². The number of ether oxygens (including phenoxy) is 1. The van der Waals surface area contributed by atoms with E-state index in [4.69, 9.17) is 4.74 Å². The maximum absolute atomic E-state index is 13.1. The van der Waals surface area contributed by atoms with Gasteiger partial charge in [0.05, 0.1) is 19.3 Å². The van der Waals surface area contributed by atoms with Crippen LogP contribution < -0.4 is 5.32 Å². The van der Waals surface area contributed by atoms with Crippen molar-refractivity contribution in [2.75, 3.05) is 11.9 Å². The number of hydrogen-bond donors (Lipinski definition) is 1. The lowest BCUT2D eigenvalue weighted by molar-refractivity contribution is -0.148. The molecule has 0 fully saturated rings. The number of aryl methyl sites for hydroxylation is 2. The van der Waals surface area contributed by atoms with Crippen molar-refractivity contribution in [3.8, 4) is 0 Å². The van der Waals surface area contributed by atoms with Crippen LogP contribution in [-0.2, 0) is 23.1 Å². The molecule has 190 valence electrons. The van der Waals surface area contributed by atoms with E-state index in [9.17, 15) is 9.59 Å². The number of nitrogens with zero attached hydrogens (tertiary/aromatic N) is 3. The van der Waals surface area contributed by atoms with E-state index in [1.165, 1.54) is 6.08 Å². The molecule has 1 amide bonds. The molecular formula is C28H40N4O3. The number of benzene rings is 1. The van der Waals surface area contributed by atoms with Gasteiger partial charge in [0.25, 0.3) is 5.91 Å². The van der Waals surface area contributed by atoms with E-state index in [2.05, 4.69) is 23.6 Å². The highest BCUT2D eigenvalue weighted by Gasteiger charge is 2.24. The van der Waals surface area contributed by atoms with Gasteiger partial charge in [-0.3, -0.25) is 9.48 Å². The first-order valence-corrected chi connectivity index (χ1v) is 11.8. The van der Waals surface area contributed by atoms with Gasteiger partial charge < -0.3 is 15.0 Å². The van der Waals surface area contributed by atoms with Gasteiger partial charge in [0.15, 0.2) is 0 Å². The molecule has 0 unspecified atom stereocenters. The fourth-order valence-electron chi connectivity index (χ4n) is 3.27. The summed E-state index contributed by atoms with van der Waals surface area (Å²) in [5.41, 5.74) is 3.48. The van der Waals surface area contributed by atoms with Gasteiger partial charge in [-0.25, -0.2) is 4.79 Å². The highest BCUT2D eigenvalue weighted by atomic mass is 16.6. The van der Waals surface area contributed by atoms with Crippen LogP contribution in [0.1, 0.15) is 68.6 Å². The summed E-state index contributed by atoms with van der Waals surface area (Å²) < 4.78 is 7.03. The number of carbonyl (C=O) groups is 2. The number of esters is 1. The molecule has 1 aromatic carbocycles. The molecule has 2 heterocycles. The van der Waals surface area contributed by atoms with Crippen LogP contribution in [0, 0.1) is 6.92 Å². The van der Waals surface area contributed by atoms with Crippen LogP contribution in [0.15, 0.2) is 55.4 Å². The molecule has 0 saturated carbocycles. The van der Waals surface area contributed by atoms with E-state index in [1.807, 2.05) is 67.6 Å². The minimum absolute atomic E-state index is 0.0829. The second-order valence-electron chi connectivity index (χ2n) is 8.88. The van der Waals surface area contributed by atoms with Crippen LogP contribution >= 0.6 is 0 Å². The van der Waals surface area contributed by atoms with Gasteiger partial charge in [-0.15, -0.1) is 6.58 Å². The first kappa shape index (κ1) is 29.4. The van der Waals surface area contributed by atoms with Crippen molar-refractivity contribution in [2.45, 2.75) is 60.6 Å². The molecule has 3 rings (SSSR count). The van der Waals surface area contributed by atoms with Crippen LogP contribution in [0.4, 0.5) is 5.82 Å². The smallest absolute Gasteiger partial charge is 0.331 e. The summed E-state index contributed by atoms with van der Waals surface area (Å²) in [4.78, 5) is 26.8. The van der Waals surface area contributed by atoms with Gasteiger partial charge in [0.2, 0.25) is 0 Å². The second kappa shape index (κ2) is 13.3. The predicted octanol–water partition coefficient (Wildman–Crippen LogP) is 5.88. The molecule has 1 aliphatic rings. The summed E-state index contributed by atoms with van der Waals surface area (Å²) in [5.74, 6) is 0.374. The minimum atomic E-state index is -0.535. The van der Waals surface area contributed by atoms with Crippen molar-refractivity contribution in [3.05, 3.63) is 77.7 Å². The standard InChI is InChI=1S/C23H28N4O3.C3H6.C2H6/c1-15-11-18(8-7-17(15)9-10-20(28)30-23(3,4)5)22(29)27-13-16(2)25-21-19(14-27)12-24-26(21)6;1-3-2;1-2/h7-12,25H,2,13-14H2,1,3-6H3;3H,1H2,2H3;1-2H3/b10-9+;;. The monoisotopic (exact) mass is 480 g/mol. The third kappa shape index (κ3) is 8.92. The van der Waals surface area contributed by atoms with Gasteiger partial charge in [0.1, 0.15) is 11.4 Å². The molecule has 0 atom stereocenters. The van der Waals surface area contributed by atoms with Crippen molar-refractivity contribution >= 4 is 23.8 Å². The normalized spacial score (nSPS) is 12.8. The molecule has 0 spiro atoms. The van der Waals surface area contributed by atoms with E-state index in [0.29, 0.717) is 18.7 Å². The number of anilines is 1. The Morgan fingerprint density at radius 1 is 1.20 bits per heavy atom. The molecule has 0 bridgehead atoms. The Morgan fingerprint density at radius 2 is 1.83 bits per heavy atom. The highest BCUT2D eigenvalue weighted by Crippen LogP contribution is 2.24. The summed E-state index contributed by atoms with van der Waals surface area (Å²) in [6, 6.07) is 5.45. The third-order valence-corrected chi connectivity index (χ3v) is 4.66. The SMILES string of the molecule is C=C1CN(C(=O)c2ccc(/C=C/C(=O)OC(C)(C)C)c(C)c2)Cc2cnn(C)c2N1.C=CC.CC. The zero-order valence-corrected chi connectivity index (χ0v) is 22.4. The maximum Gasteiger partial charge on any atom is 0.331 e. The number of rotatable bonds is 3. The molecule has 7 nitrogen and oxygen atoms in total. The third-order valence-electron chi connectivity index (χ3n) is 4.66. The molecule has 1 aliphatic heterocycles. The van der Waals surface area contributed by atoms with E-state index < -0.39 is 11.6 Å². The number of nitrogens with one attached hydrogen (secondary N) is 1. The molecule has 1 N–H and O–H groups in total. The zero-order chi connectivity index (χ0) is 26.8. The Morgan fingerprint density at radius 3 is 2.40 bits per heavy atom. The molecule has 7 heteroatoms. The zero-order valence-electron chi connectivity index (χ0n) is 22.4. The predicted molar refractivity (Wildman–Crippen MR) is 144 cm³/mol. The fourth-order valence-corrected chi connectivity index (χ4v) is 3.27. The van der Waals surface area contributed by atoms with E-state index in [-0.39, 0.29) is 5.91 Å². The number of allylic oxidation sites excluding steroid dienone is 1. The summed E-state index contributed by atoms with van der Waals surface area (Å²) in [7, 11) is 1.85. The summed E-state index contributed by atoms with van der Waals surface area (Å²) in [6.45, 7) is 21.5. The summed E-state index contributed by atoms with van der Waals surface area (Å²) >= 11 is 0. The first-order valence-electron chi connectivity index (χ1n) is 11.8. The van der Waals surface area contributed by atoms with Crippen molar-refractivity contribution < 1.29 is 14.3 Å². The van der Waals surface area contributed by atoms with Crippen LogP contribution in [0.25, 0.3) is 6.08 Å². The number of fused-ring (bicyclic) bond motifs is 1. The lowest BCUT2D eigenvalue weighted by Gasteiger charge is -2.21. The van der Waals surface area contributed by atoms with Crippen LogP contribution in [-0.4, -0.2) is 38.7 Å². The first-order chi connectivity index (χ1) is 16.4. The fraction of sp³-hybridized carbons (Fsp3) is 0.393. The quantitative estimate of drug-likeness (QED) is 0.337. The Kier molecular flexibility index (Phi) is 11.2. The molecule has 0 aliphatic carbocycles. The Bertz CT molecular complexity index is 1070. The number of hydrogen-bond acceptors (Lipinski definition) is 5. The maximum atomic E-state index is 13.1. The number of aromatic nitrogens is 2. The van der Waals surface area contributed by atoms with Crippen molar-refractivity contribution in [1.29, 1.82) is 0 Å². The average Bonchev–Trinajstić information content (AvgIpc) is 3.01. The summed E-state index contributed by atoms with van der Waals surface area (Å²) in [5, 5.41) is 7.48. The number of amides is 1. The van der Waals surface area contributed by atoms with E-state index in [0.717, 1.165) is 28.2 Å². The van der Waals surface area contributed by atoms with Gasteiger partial charge >= 0.3 is 5.97 Å². The van der Waals surface area contributed by atoms with Crippen molar-refractivity contribution in [1.82, 2.24) is 14.7 Å². The Labute approximate surface area is 210 Å². The van der Waals surface area contributed by atoms with Gasteiger partial charge in [-0.1, -0.05) is 32.6 Å². The summed E-state index contributed by atoms with van der Waals surface area (Å²) in [6.07, 6.45) is 6.62. The van der Waals surface area contributed by atoms with Gasteiger partial charge in [-0.05, 0) is 64.0 Å². The van der Waals surface area contributed by atoms with Crippen LogP contribution in [0.5, 0.6) is 0 Å². The van der Waals surface area contributed by atoms with Gasteiger partial charge in [0, 0.05) is 29.9 Å². The van der Waals surface area contributed by atoms with E-state index >= 15 is 0 Å². The Balaban J connectivity index is 0.00000114. The largest absolute Gasteiger partial charge is 0.457 e. The molecule has 35 heavy (non-hydrogen) atoms. The lowest BCUT2D eigenvalue weighted by atomic mass is 10.0. The number of carbonyl (C=O) groups excluding carboxylic acids is 2. The van der Waals surface area contributed by atoms with Crippen molar-refractivity contribution in [3.63, 3.8) is 0 Å². The second-order valence-corrected chi connectivity index (χ2v) is 8.88. The molecular weight excluding hydrogens is 440 g/mol. The van der Waals surface area contributed by atoms with Crippen LogP contribution in [0.2, 0.25) is 0 Å². The topological polar surface area (TPSA) is 76.5 Å². The molecule has 0 saturated heterocycles. The average molecular weight is 481 g/mol. The Hall–Kier alpha value is -3.61. The lowest BCUT2D eigenvalue weighted by Crippen LogP contribution is -2.31.